The number of likely N-dealkylation sites (tertiary alicyclic amines) is 2. The van der Waals surface area contributed by atoms with Gasteiger partial charge in [0.05, 0.1) is 6.20 Å². The third-order valence-corrected chi connectivity index (χ3v) is 5.13. The summed E-state index contributed by atoms with van der Waals surface area (Å²) < 4.78 is 1.71. The molecule has 2 fully saturated rings. The molecule has 2 amide bonds. The predicted octanol–water partition coefficient (Wildman–Crippen LogP) is 1.44. The average Bonchev–Trinajstić information content (AvgIpc) is 2.81. The molecule has 1 aromatic heterocycles. The Morgan fingerprint density at radius 2 is 2.09 bits per heavy atom. The number of amides is 2. The van der Waals surface area contributed by atoms with Gasteiger partial charge in [-0.2, -0.15) is 5.10 Å². The van der Waals surface area contributed by atoms with E-state index in [0.717, 1.165) is 50.9 Å². The third-order valence-electron chi connectivity index (χ3n) is 5.13. The molecule has 6 nitrogen and oxygen atoms in total. The third kappa shape index (κ3) is 3.57. The molecule has 0 bridgehead atoms. The zero-order valence-electron chi connectivity index (χ0n) is 14.1. The van der Waals surface area contributed by atoms with Gasteiger partial charge in [0.2, 0.25) is 11.8 Å². The second-order valence-corrected chi connectivity index (χ2v) is 6.88. The van der Waals surface area contributed by atoms with Crippen molar-refractivity contribution in [2.24, 2.45) is 5.92 Å². The highest BCUT2D eigenvalue weighted by Gasteiger charge is 2.37. The Morgan fingerprint density at radius 3 is 2.78 bits per heavy atom. The first-order valence-corrected chi connectivity index (χ1v) is 8.58. The van der Waals surface area contributed by atoms with Gasteiger partial charge in [0, 0.05) is 38.8 Å². The van der Waals surface area contributed by atoms with Gasteiger partial charge in [-0.15, -0.1) is 0 Å². The molecular weight excluding hydrogens is 292 g/mol. The van der Waals surface area contributed by atoms with E-state index in [2.05, 4.69) is 5.10 Å². The Bertz CT molecular complexity index is 583. The number of aromatic nitrogens is 2. The van der Waals surface area contributed by atoms with Crippen LogP contribution in [0.15, 0.2) is 12.4 Å². The monoisotopic (exact) mass is 318 g/mol. The first kappa shape index (κ1) is 16.0. The van der Waals surface area contributed by atoms with Gasteiger partial charge in [-0.3, -0.25) is 14.3 Å². The molecule has 126 valence electrons. The van der Waals surface area contributed by atoms with Crippen molar-refractivity contribution in [2.45, 2.75) is 52.1 Å². The van der Waals surface area contributed by atoms with E-state index in [1.807, 2.05) is 22.9 Å². The molecule has 3 heterocycles. The van der Waals surface area contributed by atoms with Crippen molar-refractivity contribution in [3.8, 4) is 0 Å². The lowest BCUT2D eigenvalue weighted by molar-refractivity contribution is -0.138. The van der Waals surface area contributed by atoms with Crippen LogP contribution in [0.25, 0.3) is 0 Å². The number of piperidine rings is 1. The van der Waals surface area contributed by atoms with E-state index in [0.29, 0.717) is 18.5 Å². The van der Waals surface area contributed by atoms with Gasteiger partial charge in [-0.1, -0.05) is 6.42 Å². The molecule has 2 aliphatic rings. The fourth-order valence-corrected chi connectivity index (χ4v) is 3.98. The molecule has 23 heavy (non-hydrogen) atoms. The number of nitrogens with zero attached hydrogens (tertiary/aromatic N) is 4. The van der Waals surface area contributed by atoms with Crippen LogP contribution in [0.5, 0.6) is 0 Å². The summed E-state index contributed by atoms with van der Waals surface area (Å²) in [5, 5.41) is 4.20. The molecule has 0 unspecified atom stereocenters. The molecule has 0 radical (unpaired) electrons. The molecule has 0 spiro atoms. The number of carbonyl (C=O) groups is 2. The summed E-state index contributed by atoms with van der Waals surface area (Å²) in [5.41, 5.74) is 1.07. The molecule has 0 N–H and O–H groups in total. The van der Waals surface area contributed by atoms with Crippen LogP contribution in [-0.2, 0) is 16.1 Å². The smallest absolute Gasteiger partial charge is 0.244 e. The van der Waals surface area contributed by atoms with E-state index < -0.39 is 0 Å². The minimum absolute atomic E-state index is 0.130. The average molecular weight is 318 g/mol. The van der Waals surface area contributed by atoms with Crippen molar-refractivity contribution in [1.82, 2.24) is 19.6 Å². The lowest BCUT2D eigenvalue weighted by atomic mass is 9.88. The molecule has 2 aliphatic heterocycles. The number of aryl methyl sites for hydroxylation is 1. The van der Waals surface area contributed by atoms with Crippen LogP contribution in [0.4, 0.5) is 0 Å². The quantitative estimate of drug-likeness (QED) is 0.829. The van der Waals surface area contributed by atoms with Crippen LogP contribution in [0.3, 0.4) is 0 Å². The van der Waals surface area contributed by atoms with Crippen molar-refractivity contribution >= 4 is 11.8 Å². The summed E-state index contributed by atoms with van der Waals surface area (Å²) in [6.07, 6.45) is 7.90. The highest BCUT2D eigenvalue weighted by Crippen LogP contribution is 2.30. The molecule has 6 heteroatoms. The Kier molecular flexibility index (Phi) is 4.68. The maximum atomic E-state index is 12.5. The van der Waals surface area contributed by atoms with Crippen molar-refractivity contribution in [3.63, 3.8) is 0 Å². The molecule has 0 aliphatic carbocycles. The van der Waals surface area contributed by atoms with Gasteiger partial charge in [-0.25, -0.2) is 0 Å². The molecule has 0 saturated carbocycles. The molecule has 1 aromatic rings. The normalized spacial score (nSPS) is 25.0. The number of fused-ring (bicyclic) bond motifs is 1. The zero-order chi connectivity index (χ0) is 16.4. The lowest BCUT2D eigenvalue weighted by Crippen LogP contribution is -2.53. The molecular formula is C17H26N4O2. The maximum absolute atomic E-state index is 12.5. The summed E-state index contributed by atoms with van der Waals surface area (Å²) in [6.45, 7) is 6.33. The Balaban J connectivity index is 1.64. The summed E-state index contributed by atoms with van der Waals surface area (Å²) in [5.74, 6) is 0.720. The minimum Gasteiger partial charge on any atom is -0.341 e. The largest absolute Gasteiger partial charge is 0.341 e. The van der Waals surface area contributed by atoms with Crippen molar-refractivity contribution < 1.29 is 9.59 Å². The van der Waals surface area contributed by atoms with Crippen LogP contribution < -0.4 is 0 Å². The van der Waals surface area contributed by atoms with Crippen molar-refractivity contribution in [1.29, 1.82) is 0 Å². The molecule has 0 aromatic carbocycles. The van der Waals surface area contributed by atoms with E-state index in [-0.39, 0.29) is 11.8 Å². The van der Waals surface area contributed by atoms with Crippen LogP contribution in [0.2, 0.25) is 0 Å². The second kappa shape index (κ2) is 6.72. The molecule has 3 rings (SSSR count). The highest BCUT2D eigenvalue weighted by atomic mass is 16.2. The first-order valence-electron chi connectivity index (χ1n) is 8.58. The van der Waals surface area contributed by atoms with E-state index in [4.69, 9.17) is 0 Å². The standard InChI is InChI=1S/C17H26N4O2/c1-13-9-18-20(10-13)12-17(23)19-8-6-16-15(11-19)5-3-4-7-21(16)14(2)22/h9-10,15-16H,3-8,11-12H2,1-2H3/t15-,16+/m0/s1. The van der Waals surface area contributed by atoms with Gasteiger partial charge in [0.15, 0.2) is 0 Å². The molecule has 2 atom stereocenters. The van der Waals surface area contributed by atoms with Crippen molar-refractivity contribution in [2.75, 3.05) is 19.6 Å². The fraction of sp³-hybridized carbons (Fsp3) is 0.706. The minimum atomic E-state index is 0.130. The van der Waals surface area contributed by atoms with E-state index >= 15 is 0 Å². The Hall–Kier alpha value is -1.85. The van der Waals surface area contributed by atoms with Crippen LogP contribution in [-0.4, -0.2) is 57.1 Å². The second-order valence-electron chi connectivity index (χ2n) is 6.88. The summed E-state index contributed by atoms with van der Waals surface area (Å²) in [4.78, 5) is 28.4. The summed E-state index contributed by atoms with van der Waals surface area (Å²) >= 11 is 0. The number of hydrogen-bond acceptors (Lipinski definition) is 3. The lowest BCUT2D eigenvalue weighted by Gasteiger charge is -2.42. The van der Waals surface area contributed by atoms with E-state index in [1.165, 1.54) is 0 Å². The topological polar surface area (TPSA) is 58.4 Å². The van der Waals surface area contributed by atoms with Gasteiger partial charge in [-0.05, 0) is 37.7 Å². The van der Waals surface area contributed by atoms with Crippen LogP contribution in [0.1, 0.15) is 38.2 Å². The van der Waals surface area contributed by atoms with E-state index in [1.54, 1.807) is 17.8 Å². The Morgan fingerprint density at radius 1 is 1.26 bits per heavy atom. The maximum Gasteiger partial charge on any atom is 0.244 e. The SMILES string of the molecule is CC(=O)N1CCCC[C@H]2CN(C(=O)Cn3cc(C)cn3)CC[C@H]21. The predicted molar refractivity (Wildman–Crippen MR) is 86.7 cm³/mol. The number of rotatable bonds is 2. The van der Waals surface area contributed by atoms with Crippen LogP contribution >= 0.6 is 0 Å². The summed E-state index contributed by atoms with van der Waals surface area (Å²) in [6, 6.07) is 0.311. The summed E-state index contributed by atoms with van der Waals surface area (Å²) in [7, 11) is 0. The molecule has 2 saturated heterocycles. The fourth-order valence-electron chi connectivity index (χ4n) is 3.98. The zero-order valence-corrected chi connectivity index (χ0v) is 14.1. The number of hydrogen-bond donors (Lipinski definition) is 0. The van der Waals surface area contributed by atoms with Crippen LogP contribution in [0, 0.1) is 12.8 Å². The highest BCUT2D eigenvalue weighted by molar-refractivity contribution is 5.76. The van der Waals surface area contributed by atoms with Gasteiger partial charge < -0.3 is 9.80 Å². The van der Waals surface area contributed by atoms with Gasteiger partial charge >= 0.3 is 0 Å². The van der Waals surface area contributed by atoms with Gasteiger partial charge in [0.25, 0.3) is 0 Å². The first-order chi connectivity index (χ1) is 11.0. The van der Waals surface area contributed by atoms with Crippen molar-refractivity contribution in [3.05, 3.63) is 18.0 Å². The van der Waals surface area contributed by atoms with Gasteiger partial charge in [0.1, 0.15) is 6.54 Å². The Labute approximate surface area is 137 Å². The number of carbonyl (C=O) groups excluding carboxylic acids is 2. The van der Waals surface area contributed by atoms with E-state index in [9.17, 15) is 9.59 Å².